The van der Waals surface area contributed by atoms with E-state index in [4.69, 9.17) is 0 Å². The zero-order valence-electron chi connectivity index (χ0n) is 12.9. The Hall–Kier alpha value is -1.49. The molecular weight excluding hydrogens is 244 g/mol. The second-order valence-corrected chi connectivity index (χ2v) is 7.15. The maximum absolute atomic E-state index is 9.18. The topological polar surface area (TPSA) is 35.8 Å². The summed E-state index contributed by atoms with van der Waals surface area (Å²) in [7, 11) is 0. The van der Waals surface area contributed by atoms with Crippen LogP contribution in [0.4, 0.5) is 5.69 Å². The van der Waals surface area contributed by atoms with E-state index in [2.05, 4.69) is 56.4 Å². The van der Waals surface area contributed by atoms with Gasteiger partial charge in [0.25, 0.3) is 0 Å². The first-order valence-corrected chi connectivity index (χ1v) is 7.65. The Morgan fingerprint density at radius 2 is 1.80 bits per heavy atom. The first-order chi connectivity index (χ1) is 9.47. The minimum absolute atomic E-state index is 0.191. The lowest BCUT2D eigenvalue weighted by Crippen LogP contribution is -2.41. The van der Waals surface area contributed by atoms with E-state index in [0.29, 0.717) is 12.5 Å². The van der Waals surface area contributed by atoms with E-state index < -0.39 is 0 Å². The fourth-order valence-electron chi connectivity index (χ4n) is 3.43. The molecule has 1 aromatic rings. The molecule has 1 aliphatic carbocycles. The second kappa shape index (κ2) is 5.87. The van der Waals surface area contributed by atoms with Gasteiger partial charge in [0.2, 0.25) is 0 Å². The molecule has 0 atom stereocenters. The number of hydrogen-bond acceptors (Lipinski definition) is 2. The molecule has 0 unspecified atom stereocenters. The van der Waals surface area contributed by atoms with Crippen molar-refractivity contribution in [1.82, 2.24) is 0 Å². The van der Waals surface area contributed by atoms with Gasteiger partial charge in [-0.2, -0.15) is 5.26 Å². The molecule has 1 aromatic carbocycles. The van der Waals surface area contributed by atoms with E-state index in [9.17, 15) is 5.26 Å². The first-order valence-electron chi connectivity index (χ1n) is 7.65. The third-order valence-corrected chi connectivity index (χ3v) is 5.10. The largest absolute Gasteiger partial charge is 0.382 e. The van der Waals surface area contributed by atoms with Crippen molar-refractivity contribution in [2.75, 3.05) is 5.32 Å². The first kappa shape index (κ1) is 14.9. The fraction of sp³-hybridized carbons (Fsp3) is 0.611. The predicted octanol–water partition coefficient (Wildman–Crippen LogP) is 4.99. The lowest BCUT2D eigenvalue weighted by Gasteiger charge is -2.48. The highest BCUT2D eigenvalue weighted by molar-refractivity contribution is 5.43. The minimum atomic E-state index is 0.191. The Morgan fingerprint density at radius 3 is 2.30 bits per heavy atom. The average Bonchev–Trinajstić information content (AvgIpc) is 2.41. The highest BCUT2D eigenvalue weighted by atomic mass is 14.9. The van der Waals surface area contributed by atoms with Gasteiger partial charge in [0.05, 0.1) is 6.07 Å². The summed E-state index contributed by atoms with van der Waals surface area (Å²) in [6, 6.07) is 13.4. The molecule has 2 rings (SSSR count). The van der Waals surface area contributed by atoms with Gasteiger partial charge in [-0.25, -0.2) is 0 Å². The van der Waals surface area contributed by atoms with Crippen molar-refractivity contribution in [2.24, 2.45) is 10.8 Å². The Morgan fingerprint density at radius 1 is 1.20 bits per heavy atom. The van der Waals surface area contributed by atoms with Gasteiger partial charge in [0.1, 0.15) is 0 Å². The van der Waals surface area contributed by atoms with Crippen LogP contribution in [0, 0.1) is 22.2 Å². The summed E-state index contributed by atoms with van der Waals surface area (Å²) in [5, 5.41) is 12.8. The molecule has 0 aliphatic heterocycles. The number of para-hydroxylation sites is 1. The Labute approximate surface area is 123 Å². The molecule has 1 saturated carbocycles. The number of hydrogen-bond donors (Lipinski definition) is 1. The summed E-state index contributed by atoms with van der Waals surface area (Å²) in [6.07, 6.45) is 5.30. The van der Waals surface area contributed by atoms with Gasteiger partial charge in [-0.15, -0.1) is 0 Å². The molecule has 2 heteroatoms. The monoisotopic (exact) mass is 270 g/mol. The molecule has 0 amide bonds. The Balaban J connectivity index is 1.99. The number of rotatable bonds is 3. The summed E-state index contributed by atoms with van der Waals surface area (Å²) >= 11 is 0. The van der Waals surface area contributed by atoms with Crippen LogP contribution < -0.4 is 5.32 Å². The van der Waals surface area contributed by atoms with Crippen molar-refractivity contribution in [3.8, 4) is 6.07 Å². The molecular formula is C18H26N2. The zero-order chi connectivity index (χ0) is 14.6. The molecule has 1 aliphatic rings. The Bertz CT molecular complexity index is 456. The standard InChI is InChI=1S/C18H26N2/c1-17(2,3)18(13-14-19)11-9-16(10-12-18)20-15-7-5-4-6-8-15/h4-8,16,20H,9-13H2,1-3H3. The predicted molar refractivity (Wildman–Crippen MR) is 84.4 cm³/mol. The maximum atomic E-state index is 9.18. The lowest BCUT2D eigenvalue weighted by molar-refractivity contribution is 0.0405. The molecule has 0 aromatic heterocycles. The van der Waals surface area contributed by atoms with E-state index in [1.54, 1.807) is 0 Å². The number of nitrogens with zero attached hydrogens (tertiary/aromatic N) is 1. The summed E-state index contributed by atoms with van der Waals surface area (Å²) in [5.74, 6) is 0. The molecule has 0 heterocycles. The van der Waals surface area contributed by atoms with Crippen LogP contribution in [-0.4, -0.2) is 6.04 Å². The highest BCUT2D eigenvalue weighted by Crippen LogP contribution is 2.52. The molecule has 0 spiro atoms. The van der Waals surface area contributed by atoms with Crippen LogP contribution in [0.1, 0.15) is 52.9 Å². The zero-order valence-corrected chi connectivity index (χ0v) is 12.9. The van der Waals surface area contributed by atoms with Gasteiger partial charge < -0.3 is 5.32 Å². The molecule has 1 N–H and O–H groups in total. The van der Waals surface area contributed by atoms with E-state index in [1.807, 2.05) is 6.07 Å². The normalized spacial score (nSPS) is 26.8. The van der Waals surface area contributed by atoms with E-state index >= 15 is 0 Å². The second-order valence-electron chi connectivity index (χ2n) is 7.15. The number of benzene rings is 1. The summed E-state index contributed by atoms with van der Waals surface area (Å²) in [6.45, 7) is 6.86. The maximum Gasteiger partial charge on any atom is 0.0627 e. The van der Waals surface area contributed by atoms with Gasteiger partial charge in [-0.1, -0.05) is 39.0 Å². The molecule has 0 bridgehead atoms. The van der Waals surface area contributed by atoms with Crippen LogP contribution in [0.25, 0.3) is 0 Å². The van der Waals surface area contributed by atoms with Crippen LogP contribution in [0.5, 0.6) is 0 Å². The van der Waals surface area contributed by atoms with Crippen molar-refractivity contribution in [2.45, 2.75) is 58.9 Å². The molecule has 0 saturated heterocycles. The molecule has 108 valence electrons. The van der Waals surface area contributed by atoms with Crippen LogP contribution >= 0.6 is 0 Å². The smallest absolute Gasteiger partial charge is 0.0627 e. The molecule has 2 nitrogen and oxygen atoms in total. The third-order valence-electron chi connectivity index (χ3n) is 5.10. The van der Waals surface area contributed by atoms with Gasteiger partial charge in [-0.05, 0) is 48.6 Å². The number of anilines is 1. The number of nitrogens with one attached hydrogen (secondary N) is 1. The van der Waals surface area contributed by atoms with E-state index in [1.165, 1.54) is 5.69 Å². The van der Waals surface area contributed by atoms with E-state index in [0.717, 1.165) is 25.7 Å². The summed E-state index contributed by atoms with van der Waals surface area (Å²) in [4.78, 5) is 0. The summed E-state index contributed by atoms with van der Waals surface area (Å²) in [5.41, 5.74) is 1.61. The molecule has 0 radical (unpaired) electrons. The van der Waals surface area contributed by atoms with Crippen molar-refractivity contribution in [3.63, 3.8) is 0 Å². The lowest BCUT2D eigenvalue weighted by atomic mass is 9.57. The Kier molecular flexibility index (Phi) is 4.38. The highest BCUT2D eigenvalue weighted by Gasteiger charge is 2.44. The van der Waals surface area contributed by atoms with Crippen LogP contribution in [-0.2, 0) is 0 Å². The van der Waals surface area contributed by atoms with Gasteiger partial charge >= 0.3 is 0 Å². The van der Waals surface area contributed by atoms with Crippen molar-refractivity contribution in [1.29, 1.82) is 5.26 Å². The van der Waals surface area contributed by atoms with Gasteiger partial charge in [-0.3, -0.25) is 0 Å². The van der Waals surface area contributed by atoms with Crippen molar-refractivity contribution in [3.05, 3.63) is 30.3 Å². The minimum Gasteiger partial charge on any atom is -0.382 e. The van der Waals surface area contributed by atoms with Crippen LogP contribution in [0.2, 0.25) is 0 Å². The molecule has 20 heavy (non-hydrogen) atoms. The summed E-state index contributed by atoms with van der Waals surface area (Å²) < 4.78 is 0. The molecule has 1 fully saturated rings. The third kappa shape index (κ3) is 3.15. The SMILES string of the molecule is CC(C)(C)C1(CC#N)CCC(Nc2ccccc2)CC1. The fourth-order valence-corrected chi connectivity index (χ4v) is 3.43. The van der Waals surface area contributed by atoms with Crippen molar-refractivity contribution < 1.29 is 0 Å². The van der Waals surface area contributed by atoms with Crippen LogP contribution in [0.3, 0.4) is 0 Å². The van der Waals surface area contributed by atoms with Crippen molar-refractivity contribution >= 4 is 5.69 Å². The van der Waals surface area contributed by atoms with E-state index in [-0.39, 0.29) is 10.8 Å². The quantitative estimate of drug-likeness (QED) is 0.840. The van der Waals surface area contributed by atoms with Gasteiger partial charge in [0.15, 0.2) is 0 Å². The van der Waals surface area contributed by atoms with Crippen LogP contribution in [0.15, 0.2) is 30.3 Å². The van der Waals surface area contributed by atoms with Gasteiger partial charge in [0, 0.05) is 18.2 Å². The number of nitriles is 1. The average molecular weight is 270 g/mol.